The SMILES string of the molecule is NCCCCC(=O)Cc1ccc(Cl)cc1. The van der Waals surface area contributed by atoms with Crippen molar-refractivity contribution in [2.24, 2.45) is 5.73 Å². The molecule has 0 spiro atoms. The van der Waals surface area contributed by atoms with Crippen LogP contribution in [0.15, 0.2) is 24.3 Å². The molecule has 1 aromatic carbocycles. The fraction of sp³-hybridized carbons (Fsp3) is 0.417. The van der Waals surface area contributed by atoms with Crippen LogP contribution in [0.4, 0.5) is 0 Å². The van der Waals surface area contributed by atoms with Gasteiger partial charge in [-0.15, -0.1) is 0 Å². The van der Waals surface area contributed by atoms with Gasteiger partial charge in [-0.2, -0.15) is 0 Å². The fourth-order valence-electron chi connectivity index (χ4n) is 1.38. The van der Waals surface area contributed by atoms with Gasteiger partial charge in [0.05, 0.1) is 0 Å². The molecular weight excluding hydrogens is 210 g/mol. The molecule has 0 heterocycles. The molecule has 0 aliphatic carbocycles. The predicted molar refractivity (Wildman–Crippen MR) is 63.1 cm³/mol. The molecule has 1 rings (SSSR count). The highest BCUT2D eigenvalue weighted by Crippen LogP contribution is 2.11. The van der Waals surface area contributed by atoms with Crippen LogP contribution in [-0.2, 0) is 11.2 Å². The summed E-state index contributed by atoms with van der Waals surface area (Å²) in [7, 11) is 0. The maximum Gasteiger partial charge on any atom is 0.137 e. The van der Waals surface area contributed by atoms with Gasteiger partial charge in [-0.05, 0) is 37.1 Å². The third-order valence-corrected chi connectivity index (χ3v) is 2.48. The average molecular weight is 226 g/mol. The molecule has 0 aliphatic heterocycles. The van der Waals surface area contributed by atoms with Crippen LogP contribution in [0.1, 0.15) is 24.8 Å². The zero-order valence-electron chi connectivity index (χ0n) is 8.71. The first-order valence-corrected chi connectivity index (χ1v) is 5.56. The van der Waals surface area contributed by atoms with Crippen LogP contribution in [-0.4, -0.2) is 12.3 Å². The summed E-state index contributed by atoms with van der Waals surface area (Å²) in [6.45, 7) is 0.661. The van der Waals surface area contributed by atoms with Crippen molar-refractivity contribution in [3.63, 3.8) is 0 Å². The Labute approximate surface area is 95.4 Å². The van der Waals surface area contributed by atoms with E-state index in [1.807, 2.05) is 24.3 Å². The molecule has 0 fully saturated rings. The molecule has 0 aromatic heterocycles. The number of rotatable bonds is 6. The Kier molecular flexibility index (Phi) is 5.37. The molecule has 15 heavy (non-hydrogen) atoms. The molecule has 0 aliphatic rings. The van der Waals surface area contributed by atoms with Crippen LogP contribution >= 0.6 is 11.6 Å². The van der Waals surface area contributed by atoms with Crippen molar-refractivity contribution in [3.8, 4) is 0 Å². The largest absolute Gasteiger partial charge is 0.330 e. The number of carbonyl (C=O) groups excluding carboxylic acids is 1. The molecule has 2 nitrogen and oxygen atoms in total. The number of ketones is 1. The summed E-state index contributed by atoms with van der Waals surface area (Å²) in [6.07, 6.45) is 2.94. The van der Waals surface area contributed by atoms with Crippen molar-refractivity contribution in [2.45, 2.75) is 25.7 Å². The van der Waals surface area contributed by atoms with E-state index < -0.39 is 0 Å². The number of nitrogens with two attached hydrogens (primary N) is 1. The standard InChI is InChI=1S/C12H16ClNO/c13-11-6-4-10(5-7-11)9-12(15)3-1-2-8-14/h4-7H,1-3,8-9,14H2. The van der Waals surface area contributed by atoms with Gasteiger partial charge in [0.25, 0.3) is 0 Å². The summed E-state index contributed by atoms with van der Waals surface area (Å²) in [5.74, 6) is 0.269. The molecule has 0 unspecified atom stereocenters. The predicted octanol–water partition coefficient (Wildman–Crippen LogP) is 2.58. The van der Waals surface area contributed by atoms with Gasteiger partial charge in [0.15, 0.2) is 0 Å². The number of hydrogen-bond acceptors (Lipinski definition) is 2. The van der Waals surface area contributed by atoms with Crippen LogP contribution in [0.25, 0.3) is 0 Å². The molecule has 0 saturated carbocycles. The van der Waals surface area contributed by atoms with E-state index >= 15 is 0 Å². The summed E-state index contributed by atoms with van der Waals surface area (Å²) in [6, 6.07) is 7.40. The van der Waals surface area contributed by atoms with Gasteiger partial charge < -0.3 is 5.73 Å². The number of hydrogen-bond donors (Lipinski definition) is 1. The maximum atomic E-state index is 11.5. The fourth-order valence-corrected chi connectivity index (χ4v) is 1.51. The van der Waals surface area contributed by atoms with Gasteiger partial charge in [-0.25, -0.2) is 0 Å². The summed E-state index contributed by atoms with van der Waals surface area (Å²) in [5.41, 5.74) is 6.38. The van der Waals surface area contributed by atoms with Crippen molar-refractivity contribution in [1.29, 1.82) is 0 Å². The van der Waals surface area contributed by atoms with E-state index in [0.29, 0.717) is 24.4 Å². The molecule has 0 atom stereocenters. The second-order valence-electron chi connectivity index (χ2n) is 3.59. The van der Waals surface area contributed by atoms with Gasteiger partial charge in [-0.3, -0.25) is 4.79 Å². The Bertz CT molecular complexity index is 308. The first-order valence-electron chi connectivity index (χ1n) is 5.18. The monoisotopic (exact) mass is 225 g/mol. The van der Waals surface area contributed by atoms with E-state index in [0.717, 1.165) is 18.4 Å². The number of halogens is 1. The van der Waals surface area contributed by atoms with Crippen molar-refractivity contribution in [2.75, 3.05) is 6.54 Å². The van der Waals surface area contributed by atoms with E-state index in [1.165, 1.54) is 0 Å². The lowest BCUT2D eigenvalue weighted by Crippen LogP contribution is -2.04. The second kappa shape index (κ2) is 6.59. The van der Waals surface area contributed by atoms with Crippen molar-refractivity contribution in [1.82, 2.24) is 0 Å². The van der Waals surface area contributed by atoms with Crippen LogP contribution in [0.3, 0.4) is 0 Å². The van der Waals surface area contributed by atoms with E-state index in [9.17, 15) is 4.79 Å². The van der Waals surface area contributed by atoms with Crippen LogP contribution in [0, 0.1) is 0 Å². The second-order valence-corrected chi connectivity index (χ2v) is 4.02. The highest BCUT2D eigenvalue weighted by atomic mass is 35.5. The van der Waals surface area contributed by atoms with Crippen LogP contribution in [0.5, 0.6) is 0 Å². The number of Topliss-reactive ketones (excluding diaryl/α,β-unsaturated/α-hetero) is 1. The number of carbonyl (C=O) groups is 1. The lowest BCUT2D eigenvalue weighted by Gasteiger charge is -2.01. The Morgan fingerprint density at radius 2 is 1.87 bits per heavy atom. The van der Waals surface area contributed by atoms with E-state index in [4.69, 9.17) is 17.3 Å². The summed E-state index contributed by atoms with van der Waals surface area (Å²) in [4.78, 5) is 11.5. The minimum absolute atomic E-state index is 0.269. The first kappa shape index (κ1) is 12.2. The first-order chi connectivity index (χ1) is 7.22. The zero-order valence-corrected chi connectivity index (χ0v) is 9.46. The Balaban J connectivity index is 2.34. The lowest BCUT2D eigenvalue weighted by atomic mass is 10.1. The minimum atomic E-state index is 0.269. The van der Waals surface area contributed by atoms with Crippen molar-refractivity contribution < 1.29 is 4.79 Å². The highest BCUT2D eigenvalue weighted by Gasteiger charge is 2.03. The van der Waals surface area contributed by atoms with Gasteiger partial charge in [0.2, 0.25) is 0 Å². The van der Waals surface area contributed by atoms with Gasteiger partial charge in [-0.1, -0.05) is 23.7 Å². The average Bonchev–Trinajstić information content (AvgIpc) is 2.22. The molecule has 3 heteroatoms. The van der Waals surface area contributed by atoms with Crippen LogP contribution < -0.4 is 5.73 Å². The summed E-state index contributed by atoms with van der Waals surface area (Å²) < 4.78 is 0. The minimum Gasteiger partial charge on any atom is -0.330 e. The number of benzene rings is 1. The quantitative estimate of drug-likeness (QED) is 0.757. The summed E-state index contributed by atoms with van der Waals surface area (Å²) >= 11 is 5.75. The highest BCUT2D eigenvalue weighted by molar-refractivity contribution is 6.30. The van der Waals surface area contributed by atoms with E-state index in [1.54, 1.807) is 0 Å². The molecule has 1 aromatic rings. The smallest absolute Gasteiger partial charge is 0.137 e. The van der Waals surface area contributed by atoms with Crippen molar-refractivity contribution >= 4 is 17.4 Å². The van der Waals surface area contributed by atoms with Gasteiger partial charge in [0.1, 0.15) is 5.78 Å². The molecule has 0 bridgehead atoms. The van der Waals surface area contributed by atoms with E-state index in [2.05, 4.69) is 0 Å². The molecule has 0 radical (unpaired) electrons. The Morgan fingerprint density at radius 1 is 1.20 bits per heavy atom. The molecular formula is C12H16ClNO. The molecule has 82 valence electrons. The third-order valence-electron chi connectivity index (χ3n) is 2.22. The molecule has 0 amide bonds. The third kappa shape index (κ3) is 4.96. The van der Waals surface area contributed by atoms with Gasteiger partial charge >= 0.3 is 0 Å². The Morgan fingerprint density at radius 3 is 2.47 bits per heavy atom. The van der Waals surface area contributed by atoms with E-state index in [-0.39, 0.29) is 5.78 Å². The zero-order chi connectivity index (χ0) is 11.1. The normalized spacial score (nSPS) is 10.3. The van der Waals surface area contributed by atoms with Crippen LogP contribution in [0.2, 0.25) is 5.02 Å². The van der Waals surface area contributed by atoms with Gasteiger partial charge in [0, 0.05) is 17.9 Å². The van der Waals surface area contributed by atoms with Crippen molar-refractivity contribution in [3.05, 3.63) is 34.9 Å². The lowest BCUT2D eigenvalue weighted by molar-refractivity contribution is -0.118. The maximum absolute atomic E-state index is 11.5. The Hall–Kier alpha value is -0.860. The topological polar surface area (TPSA) is 43.1 Å². The molecule has 2 N–H and O–H groups in total. The molecule has 0 saturated heterocycles. The summed E-state index contributed by atoms with van der Waals surface area (Å²) in [5, 5.41) is 0.703. The number of unbranched alkanes of at least 4 members (excludes halogenated alkanes) is 1.